The lowest BCUT2D eigenvalue weighted by molar-refractivity contribution is -0.168. The average molecular weight is 332 g/mol. The molecule has 0 radical (unpaired) electrons. The van der Waals surface area contributed by atoms with Gasteiger partial charge in [-0.3, -0.25) is 9.59 Å². The van der Waals surface area contributed by atoms with E-state index in [0.717, 1.165) is 11.1 Å². The fraction of sp³-hybridized carbons (Fsp3) is 0.474. The third-order valence-corrected chi connectivity index (χ3v) is 4.51. The van der Waals surface area contributed by atoms with Gasteiger partial charge in [0.25, 0.3) is 0 Å². The lowest BCUT2D eigenvalue weighted by atomic mass is 9.87. The molecule has 1 heterocycles. The number of ether oxygens (including phenoxy) is 2. The maximum Gasteiger partial charge on any atom is 0.313 e. The molecule has 5 nitrogen and oxygen atoms in total. The summed E-state index contributed by atoms with van der Waals surface area (Å²) in [6.45, 7) is 10.8. The summed E-state index contributed by atoms with van der Waals surface area (Å²) >= 11 is 0. The van der Waals surface area contributed by atoms with Crippen molar-refractivity contribution in [3.8, 4) is 0 Å². The van der Waals surface area contributed by atoms with Gasteiger partial charge in [-0.1, -0.05) is 35.9 Å². The zero-order chi connectivity index (χ0) is 18.1. The number of hydrogen-bond donors (Lipinski definition) is 1. The second kappa shape index (κ2) is 6.77. The van der Waals surface area contributed by atoms with Crippen molar-refractivity contribution in [2.45, 2.75) is 45.5 Å². The molecule has 1 saturated heterocycles. The van der Waals surface area contributed by atoms with Gasteiger partial charge in [0.1, 0.15) is 11.5 Å². The maximum absolute atomic E-state index is 12.7. The van der Waals surface area contributed by atoms with E-state index in [9.17, 15) is 14.7 Å². The SMILES string of the molecule is C=CC1OC(C)C(C(=O)OC(C)(C)c2ccc(C)cc2)C1C(=O)O. The quantitative estimate of drug-likeness (QED) is 0.663. The van der Waals surface area contributed by atoms with E-state index >= 15 is 0 Å². The van der Waals surface area contributed by atoms with Crippen LogP contribution < -0.4 is 0 Å². The van der Waals surface area contributed by atoms with Crippen molar-refractivity contribution in [3.05, 3.63) is 48.0 Å². The van der Waals surface area contributed by atoms with Crippen LogP contribution >= 0.6 is 0 Å². The van der Waals surface area contributed by atoms with Crippen molar-refractivity contribution < 1.29 is 24.2 Å². The van der Waals surface area contributed by atoms with Crippen LogP contribution in [-0.4, -0.2) is 29.3 Å². The third kappa shape index (κ3) is 3.51. The number of esters is 1. The second-order valence-electron chi connectivity index (χ2n) is 6.73. The Bertz CT molecular complexity index is 632. The number of carbonyl (C=O) groups excluding carboxylic acids is 1. The van der Waals surface area contributed by atoms with Gasteiger partial charge in [-0.15, -0.1) is 6.58 Å². The molecule has 1 fully saturated rings. The summed E-state index contributed by atoms with van der Waals surface area (Å²) in [5, 5.41) is 9.46. The first-order valence-corrected chi connectivity index (χ1v) is 7.98. The monoisotopic (exact) mass is 332 g/mol. The fourth-order valence-corrected chi connectivity index (χ4v) is 3.08. The van der Waals surface area contributed by atoms with Crippen LogP contribution in [0.4, 0.5) is 0 Å². The number of aryl methyl sites for hydroxylation is 1. The molecule has 4 atom stereocenters. The van der Waals surface area contributed by atoms with Crippen molar-refractivity contribution in [2.75, 3.05) is 0 Å². The predicted octanol–water partition coefficient (Wildman–Crippen LogP) is 3.06. The Balaban J connectivity index is 2.22. The molecule has 0 aromatic heterocycles. The predicted molar refractivity (Wildman–Crippen MR) is 89.4 cm³/mol. The molecular weight excluding hydrogens is 308 g/mol. The number of rotatable bonds is 5. The summed E-state index contributed by atoms with van der Waals surface area (Å²) in [7, 11) is 0. The van der Waals surface area contributed by atoms with Crippen molar-refractivity contribution in [3.63, 3.8) is 0 Å². The minimum atomic E-state index is -1.08. The van der Waals surface area contributed by atoms with Gasteiger partial charge in [-0.2, -0.15) is 0 Å². The number of carboxylic acids is 1. The fourth-order valence-electron chi connectivity index (χ4n) is 3.08. The van der Waals surface area contributed by atoms with E-state index in [-0.39, 0.29) is 0 Å². The molecule has 130 valence electrons. The Labute approximate surface area is 142 Å². The van der Waals surface area contributed by atoms with E-state index in [1.165, 1.54) is 6.08 Å². The molecule has 24 heavy (non-hydrogen) atoms. The van der Waals surface area contributed by atoms with Gasteiger partial charge in [0.2, 0.25) is 0 Å². The van der Waals surface area contributed by atoms with E-state index in [4.69, 9.17) is 9.47 Å². The summed E-state index contributed by atoms with van der Waals surface area (Å²) in [6, 6.07) is 7.69. The van der Waals surface area contributed by atoms with Gasteiger partial charge >= 0.3 is 11.9 Å². The molecule has 0 amide bonds. The molecule has 0 aliphatic carbocycles. The molecule has 5 heteroatoms. The van der Waals surface area contributed by atoms with Crippen LogP contribution in [0.2, 0.25) is 0 Å². The normalized spacial score (nSPS) is 26.8. The van der Waals surface area contributed by atoms with Gasteiger partial charge in [0.15, 0.2) is 0 Å². The molecule has 1 aromatic carbocycles. The highest BCUT2D eigenvalue weighted by Gasteiger charge is 2.51. The molecule has 0 bridgehead atoms. The number of carbonyl (C=O) groups is 2. The number of benzene rings is 1. The first-order chi connectivity index (χ1) is 11.2. The Morgan fingerprint density at radius 3 is 2.33 bits per heavy atom. The highest BCUT2D eigenvalue weighted by atomic mass is 16.6. The number of hydrogen-bond acceptors (Lipinski definition) is 4. The van der Waals surface area contributed by atoms with Crippen LogP contribution in [0, 0.1) is 18.8 Å². The van der Waals surface area contributed by atoms with E-state index in [1.54, 1.807) is 20.8 Å². The Hall–Kier alpha value is -2.14. The van der Waals surface area contributed by atoms with Gasteiger partial charge in [-0.05, 0) is 33.3 Å². The van der Waals surface area contributed by atoms with E-state index in [0.29, 0.717) is 0 Å². The van der Waals surface area contributed by atoms with E-state index in [2.05, 4.69) is 6.58 Å². The van der Waals surface area contributed by atoms with E-state index in [1.807, 2.05) is 31.2 Å². The smallest absolute Gasteiger partial charge is 0.313 e. The lowest BCUT2D eigenvalue weighted by Crippen LogP contribution is -2.38. The molecule has 0 spiro atoms. The van der Waals surface area contributed by atoms with Crippen molar-refractivity contribution in [2.24, 2.45) is 11.8 Å². The molecule has 1 aromatic rings. The molecule has 4 unspecified atom stereocenters. The first-order valence-electron chi connectivity index (χ1n) is 7.98. The molecule has 1 aliphatic heterocycles. The molecule has 0 saturated carbocycles. The summed E-state index contributed by atoms with van der Waals surface area (Å²) in [4.78, 5) is 24.3. The second-order valence-corrected chi connectivity index (χ2v) is 6.73. The molecule has 1 aliphatic rings. The van der Waals surface area contributed by atoms with Crippen LogP contribution in [0.5, 0.6) is 0 Å². The highest BCUT2D eigenvalue weighted by Crippen LogP contribution is 2.36. The van der Waals surface area contributed by atoms with Crippen molar-refractivity contribution in [1.29, 1.82) is 0 Å². The highest BCUT2D eigenvalue weighted by molar-refractivity contribution is 5.83. The van der Waals surface area contributed by atoms with Crippen LogP contribution in [0.3, 0.4) is 0 Å². The third-order valence-electron chi connectivity index (χ3n) is 4.51. The summed E-state index contributed by atoms with van der Waals surface area (Å²) < 4.78 is 11.2. The Kier molecular flexibility index (Phi) is 5.13. The summed E-state index contributed by atoms with van der Waals surface area (Å²) in [6.07, 6.45) is 0.182. The summed E-state index contributed by atoms with van der Waals surface area (Å²) in [5.74, 6) is -3.50. The van der Waals surface area contributed by atoms with E-state index < -0.39 is 41.6 Å². The largest absolute Gasteiger partial charge is 0.481 e. The van der Waals surface area contributed by atoms with Gasteiger partial charge in [0, 0.05) is 0 Å². The lowest BCUT2D eigenvalue weighted by Gasteiger charge is -2.29. The number of carboxylic acid groups (broad SMARTS) is 1. The Morgan fingerprint density at radius 2 is 1.83 bits per heavy atom. The first kappa shape index (κ1) is 18.2. The standard InChI is InChI=1S/C19H24O5/c1-6-14-16(17(20)21)15(12(3)23-14)18(22)24-19(4,5)13-9-7-11(2)8-10-13/h6-10,12,14-16H,1H2,2-5H3,(H,20,21). The Morgan fingerprint density at radius 1 is 1.25 bits per heavy atom. The van der Waals surface area contributed by atoms with Crippen molar-refractivity contribution >= 4 is 11.9 Å². The van der Waals surface area contributed by atoms with Crippen molar-refractivity contribution in [1.82, 2.24) is 0 Å². The van der Waals surface area contributed by atoms with Gasteiger partial charge in [-0.25, -0.2) is 0 Å². The maximum atomic E-state index is 12.7. The van der Waals surface area contributed by atoms with Crippen LogP contribution in [0.25, 0.3) is 0 Å². The molecule has 2 rings (SSSR count). The number of aliphatic carboxylic acids is 1. The minimum Gasteiger partial charge on any atom is -0.481 e. The topological polar surface area (TPSA) is 72.8 Å². The zero-order valence-electron chi connectivity index (χ0n) is 14.5. The van der Waals surface area contributed by atoms with Crippen LogP contribution in [0.15, 0.2) is 36.9 Å². The van der Waals surface area contributed by atoms with Gasteiger partial charge in [0.05, 0.1) is 18.1 Å². The van der Waals surface area contributed by atoms with Crippen LogP contribution in [-0.2, 0) is 24.7 Å². The molecular formula is C19H24O5. The molecule has 1 N–H and O–H groups in total. The summed E-state index contributed by atoms with van der Waals surface area (Å²) in [5.41, 5.74) is 1.10. The zero-order valence-corrected chi connectivity index (χ0v) is 14.5. The average Bonchev–Trinajstić information content (AvgIpc) is 2.84. The van der Waals surface area contributed by atoms with Gasteiger partial charge < -0.3 is 14.6 Å². The minimum absolute atomic E-state index is 0.546. The van der Waals surface area contributed by atoms with Crippen LogP contribution in [0.1, 0.15) is 31.9 Å².